The van der Waals surface area contributed by atoms with E-state index in [0.29, 0.717) is 0 Å². The summed E-state index contributed by atoms with van der Waals surface area (Å²) in [5.74, 6) is -0.897. The van der Waals surface area contributed by atoms with Crippen molar-refractivity contribution >= 4 is 21.9 Å². The van der Waals surface area contributed by atoms with Gasteiger partial charge in [-0.15, -0.1) is 0 Å². The number of allylic oxidation sites excluding steroid dienone is 2. The quantitative estimate of drug-likeness (QED) is 0.733. The average molecular weight is 242 g/mol. The highest BCUT2D eigenvalue weighted by molar-refractivity contribution is 9.11. The summed E-state index contributed by atoms with van der Waals surface area (Å²) in [6.45, 7) is 0. The molecule has 0 aromatic rings. The summed E-state index contributed by atoms with van der Waals surface area (Å²) < 4.78 is 1.09. The molecule has 0 fully saturated rings. The molecule has 0 amide bonds. The molecule has 0 bridgehead atoms. The summed E-state index contributed by atoms with van der Waals surface area (Å²) in [5.41, 5.74) is 1.33. The Morgan fingerprint density at radius 2 is 2.38 bits per heavy atom. The summed E-state index contributed by atoms with van der Waals surface area (Å²) in [5, 5.41) is 11.7. The van der Waals surface area contributed by atoms with Gasteiger partial charge in [0.25, 0.3) is 0 Å². The number of rotatable bonds is 1. The summed E-state index contributed by atoms with van der Waals surface area (Å²) in [4.78, 5) is 10.6. The van der Waals surface area contributed by atoms with Gasteiger partial charge in [0.1, 0.15) is 5.70 Å². The number of halogens is 1. The minimum absolute atomic E-state index is 0.130. The van der Waals surface area contributed by atoms with Crippen molar-refractivity contribution in [3.8, 4) is 0 Å². The molecule has 2 rings (SSSR count). The smallest absolute Gasteiger partial charge is 0.351 e. The van der Waals surface area contributed by atoms with E-state index in [1.165, 1.54) is 0 Å². The Hall–Kier alpha value is -1.03. The van der Waals surface area contributed by atoms with E-state index in [0.717, 1.165) is 16.5 Å². The predicted molar refractivity (Wildman–Crippen MR) is 52.4 cm³/mol. The highest BCUT2D eigenvalue weighted by atomic mass is 79.9. The molecule has 1 aliphatic carbocycles. The van der Waals surface area contributed by atoms with Crippen LogP contribution in [0.4, 0.5) is 0 Å². The summed E-state index contributed by atoms with van der Waals surface area (Å²) in [6.07, 6.45) is 6.39. The average Bonchev–Trinajstić information content (AvgIpc) is 2.46. The van der Waals surface area contributed by atoms with Crippen LogP contribution in [0.3, 0.4) is 0 Å². The van der Waals surface area contributed by atoms with Crippen molar-refractivity contribution in [1.82, 2.24) is 5.32 Å². The summed E-state index contributed by atoms with van der Waals surface area (Å²) in [6, 6.07) is 0.130. The van der Waals surface area contributed by atoms with E-state index in [1.807, 2.05) is 12.2 Å². The Balaban J connectivity index is 2.26. The molecule has 68 valence electrons. The van der Waals surface area contributed by atoms with Crippen LogP contribution in [-0.2, 0) is 4.79 Å². The monoisotopic (exact) mass is 241 g/mol. The van der Waals surface area contributed by atoms with Crippen LogP contribution < -0.4 is 5.32 Å². The van der Waals surface area contributed by atoms with Crippen molar-refractivity contribution in [3.63, 3.8) is 0 Å². The molecule has 2 aliphatic rings. The van der Waals surface area contributed by atoms with Gasteiger partial charge in [0, 0.05) is 6.42 Å². The van der Waals surface area contributed by atoms with Crippen molar-refractivity contribution in [2.45, 2.75) is 12.5 Å². The van der Waals surface area contributed by atoms with Crippen LogP contribution in [0.2, 0.25) is 0 Å². The fraction of sp³-hybridized carbons (Fsp3) is 0.222. The van der Waals surface area contributed by atoms with E-state index in [1.54, 1.807) is 6.08 Å². The molecular weight excluding hydrogens is 234 g/mol. The van der Waals surface area contributed by atoms with Crippen molar-refractivity contribution in [3.05, 3.63) is 34.0 Å². The molecule has 13 heavy (non-hydrogen) atoms. The maximum atomic E-state index is 10.6. The van der Waals surface area contributed by atoms with Crippen molar-refractivity contribution in [2.24, 2.45) is 0 Å². The van der Waals surface area contributed by atoms with Gasteiger partial charge >= 0.3 is 5.97 Å². The van der Waals surface area contributed by atoms with E-state index < -0.39 is 5.97 Å². The normalized spacial score (nSPS) is 25.3. The lowest BCUT2D eigenvalue weighted by Crippen LogP contribution is -2.27. The van der Waals surface area contributed by atoms with Crippen LogP contribution in [0, 0.1) is 0 Å². The van der Waals surface area contributed by atoms with Gasteiger partial charge in [-0.25, -0.2) is 4.79 Å². The summed E-state index contributed by atoms with van der Waals surface area (Å²) in [7, 11) is 0. The molecular formula is C9H8BrNO2. The Morgan fingerprint density at radius 3 is 3.08 bits per heavy atom. The Kier molecular flexibility index (Phi) is 2.00. The largest absolute Gasteiger partial charge is 0.477 e. The third kappa shape index (κ3) is 1.54. The van der Waals surface area contributed by atoms with Gasteiger partial charge in [0.2, 0.25) is 0 Å². The van der Waals surface area contributed by atoms with Crippen LogP contribution in [0.25, 0.3) is 0 Å². The number of fused-ring (bicyclic) bond motifs is 1. The fourth-order valence-corrected chi connectivity index (χ4v) is 1.94. The number of carboxylic acid groups (broad SMARTS) is 1. The van der Waals surface area contributed by atoms with Crippen molar-refractivity contribution in [1.29, 1.82) is 0 Å². The zero-order chi connectivity index (χ0) is 9.42. The highest BCUT2D eigenvalue weighted by Gasteiger charge is 2.26. The molecule has 3 nitrogen and oxygen atoms in total. The third-order valence-electron chi connectivity index (χ3n) is 2.13. The first kappa shape index (κ1) is 8.56. The van der Waals surface area contributed by atoms with Crippen molar-refractivity contribution in [2.75, 3.05) is 0 Å². The van der Waals surface area contributed by atoms with Gasteiger partial charge in [0.05, 0.1) is 6.04 Å². The van der Waals surface area contributed by atoms with E-state index in [2.05, 4.69) is 21.2 Å². The zero-order valence-electron chi connectivity index (χ0n) is 6.75. The summed E-state index contributed by atoms with van der Waals surface area (Å²) >= 11 is 3.39. The minimum atomic E-state index is -0.897. The SMILES string of the molecule is O=C(O)C1=CC2=CC=C(Br)CC2N1. The van der Waals surface area contributed by atoms with Gasteiger partial charge in [0.15, 0.2) is 0 Å². The van der Waals surface area contributed by atoms with Crippen LogP contribution in [0.1, 0.15) is 6.42 Å². The topological polar surface area (TPSA) is 49.3 Å². The molecule has 0 spiro atoms. The number of carbonyl (C=O) groups is 1. The van der Waals surface area contributed by atoms with E-state index in [-0.39, 0.29) is 11.7 Å². The molecule has 1 aliphatic heterocycles. The molecule has 1 unspecified atom stereocenters. The standard InChI is InChI=1S/C9H8BrNO2/c10-6-2-1-5-3-8(9(12)13)11-7(5)4-6/h1-3,7,11H,4H2,(H,12,13). The second-order valence-corrected chi connectivity index (χ2v) is 4.06. The first-order valence-electron chi connectivity index (χ1n) is 3.94. The van der Waals surface area contributed by atoms with E-state index >= 15 is 0 Å². The van der Waals surface area contributed by atoms with Gasteiger partial charge in [-0.3, -0.25) is 0 Å². The van der Waals surface area contributed by atoms with Gasteiger partial charge in [-0.1, -0.05) is 28.1 Å². The lowest BCUT2D eigenvalue weighted by molar-refractivity contribution is -0.133. The number of nitrogens with one attached hydrogen (secondary N) is 1. The second kappa shape index (κ2) is 3.03. The molecule has 0 saturated heterocycles. The Bertz CT molecular complexity index is 355. The molecule has 0 aromatic heterocycles. The maximum absolute atomic E-state index is 10.6. The number of hydrogen-bond acceptors (Lipinski definition) is 2. The van der Waals surface area contributed by atoms with Gasteiger partial charge in [-0.05, 0) is 16.1 Å². The van der Waals surface area contributed by atoms with Crippen LogP contribution in [0.15, 0.2) is 34.0 Å². The molecule has 0 aromatic carbocycles. The molecule has 0 saturated carbocycles. The maximum Gasteiger partial charge on any atom is 0.351 e. The molecule has 4 heteroatoms. The number of aliphatic carboxylic acids is 1. The van der Waals surface area contributed by atoms with E-state index in [4.69, 9.17) is 5.11 Å². The van der Waals surface area contributed by atoms with Gasteiger partial charge in [-0.2, -0.15) is 0 Å². The first-order chi connectivity index (χ1) is 6.16. The number of hydrogen-bond donors (Lipinski definition) is 2. The van der Waals surface area contributed by atoms with Crippen LogP contribution in [0.5, 0.6) is 0 Å². The second-order valence-electron chi connectivity index (χ2n) is 3.04. The minimum Gasteiger partial charge on any atom is -0.477 e. The molecule has 2 N–H and O–H groups in total. The molecule has 1 heterocycles. The zero-order valence-corrected chi connectivity index (χ0v) is 8.34. The Labute approximate surface area is 84.0 Å². The lowest BCUT2D eigenvalue weighted by Gasteiger charge is -2.16. The lowest BCUT2D eigenvalue weighted by atomic mass is 10.0. The van der Waals surface area contributed by atoms with Crippen molar-refractivity contribution < 1.29 is 9.90 Å². The Morgan fingerprint density at radius 1 is 1.62 bits per heavy atom. The van der Waals surface area contributed by atoms with Crippen LogP contribution >= 0.6 is 15.9 Å². The van der Waals surface area contributed by atoms with E-state index in [9.17, 15) is 4.79 Å². The first-order valence-corrected chi connectivity index (χ1v) is 4.74. The van der Waals surface area contributed by atoms with Gasteiger partial charge < -0.3 is 10.4 Å². The fourth-order valence-electron chi connectivity index (χ4n) is 1.49. The molecule has 1 atom stereocenters. The highest BCUT2D eigenvalue weighted by Crippen LogP contribution is 2.28. The van der Waals surface area contributed by atoms with Crippen LogP contribution in [-0.4, -0.2) is 17.1 Å². The third-order valence-corrected chi connectivity index (χ3v) is 2.72. The number of carboxylic acids is 1. The molecule has 0 radical (unpaired) electrons. The predicted octanol–water partition coefficient (Wildman–Crippen LogP) is 1.54.